The fraction of sp³-hybridized carbons (Fsp3) is 0.500. The molecule has 64 valence electrons. The second-order valence-electron chi connectivity index (χ2n) is 1.60. The Balaban J connectivity index is 3.54. The maximum Gasteiger partial charge on any atom is 0.274 e. The lowest BCUT2D eigenvalue weighted by molar-refractivity contribution is 0.597. The second kappa shape index (κ2) is 5.90. The smallest absolute Gasteiger partial charge is 0.274 e. The molecule has 0 saturated heterocycles. The first-order chi connectivity index (χ1) is 4.92. The average Bonchev–Trinajstić information content (AvgIpc) is 1.78. The molecule has 0 saturated carbocycles. The SMILES string of the molecule is O=P(Cl)(Cl)C=CC[Si]C(Cl)Cl. The molecule has 0 amide bonds. The number of rotatable bonds is 4. The normalized spacial score (nSPS) is 13.2. The molecule has 0 unspecified atom stereocenters. The van der Waals surface area contributed by atoms with E-state index in [2.05, 4.69) is 0 Å². The number of allylic oxidation sites excluding steroid dienone is 1. The number of alkyl halides is 2. The lowest BCUT2D eigenvalue weighted by Gasteiger charge is -1.93. The van der Waals surface area contributed by atoms with E-state index in [1.165, 1.54) is 5.82 Å². The van der Waals surface area contributed by atoms with Crippen molar-refractivity contribution in [1.29, 1.82) is 0 Å². The zero-order chi connectivity index (χ0) is 8.91. The highest BCUT2D eigenvalue weighted by Gasteiger charge is 2.06. The molecule has 0 N–H and O–H groups in total. The molecule has 0 fully saturated rings. The van der Waals surface area contributed by atoms with Gasteiger partial charge in [0.05, 0.1) is 14.0 Å². The van der Waals surface area contributed by atoms with E-state index in [4.69, 9.17) is 45.7 Å². The second-order valence-corrected chi connectivity index (χ2v) is 9.65. The standard InChI is InChI=1S/C4H5Cl4OPSi/c5-4(6)11-3-1-2-10(7,8)9/h1-2,4H,3H2. The van der Waals surface area contributed by atoms with Crippen LogP contribution in [0, 0.1) is 0 Å². The number of hydrogen-bond acceptors (Lipinski definition) is 1. The highest BCUT2D eigenvalue weighted by molar-refractivity contribution is 8.10. The van der Waals surface area contributed by atoms with Crippen molar-refractivity contribution in [2.45, 2.75) is 10.5 Å². The van der Waals surface area contributed by atoms with Crippen molar-refractivity contribution in [3.63, 3.8) is 0 Å². The lowest BCUT2D eigenvalue weighted by Crippen LogP contribution is -1.97. The zero-order valence-electron chi connectivity index (χ0n) is 5.31. The Labute approximate surface area is 87.8 Å². The lowest BCUT2D eigenvalue weighted by atomic mass is 10.8. The van der Waals surface area contributed by atoms with Crippen LogP contribution in [-0.2, 0) is 4.57 Å². The van der Waals surface area contributed by atoms with Gasteiger partial charge in [-0.25, -0.2) is 0 Å². The van der Waals surface area contributed by atoms with Crippen LogP contribution in [0.15, 0.2) is 11.9 Å². The van der Waals surface area contributed by atoms with Crippen molar-refractivity contribution in [1.82, 2.24) is 0 Å². The number of halogens is 4. The Kier molecular flexibility index (Phi) is 6.62. The van der Waals surface area contributed by atoms with Crippen molar-refractivity contribution in [3.8, 4) is 0 Å². The van der Waals surface area contributed by atoms with Gasteiger partial charge < -0.3 is 0 Å². The maximum absolute atomic E-state index is 10.6. The minimum absolute atomic E-state index is 0.371. The molecule has 2 radical (unpaired) electrons. The summed E-state index contributed by atoms with van der Waals surface area (Å²) in [6, 6.07) is 0.654. The van der Waals surface area contributed by atoms with Gasteiger partial charge in [0.15, 0.2) is 0 Å². The molecule has 0 rings (SSSR count). The molecular weight excluding hydrogens is 265 g/mol. The Morgan fingerprint density at radius 2 is 2.00 bits per heavy atom. The third-order valence-electron chi connectivity index (χ3n) is 0.669. The highest BCUT2D eigenvalue weighted by atomic mass is 35.9. The molecule has 0 aliphatic carbocycles. The van der Waals surface area contributed by atoms with E-state index in [9.17, 15) is 4.57 Å². The van der Waals surface area contributed by atoms with Gasteiger partial charge in [0.25, 0.3) is 5.85 Å². The first-order valence-corrected chi connectivity index (χ1v) is 8.34. The summed E-state index contributed by atoms with van der Waals surface area (Å²) in [5.74, 6) is -1.77. The summed E-state index contributed by atoms with van der Waals surface area (Å²) >= 11 is 21.3. The first kappa shape index (κ1) is 12.3. The van der Waals surface area contributed by atoms with E-state index in [1.807, 2.05) is 0 Å². The Hall–Kier alpha value is 1.35. The number of hydrogen-bond donors (Lipinski definition) is 0. The fourth-order valence-corrected chi connectivity index (χ4v) is 2.33. The quantitative estimate of drug-likeness (QED) is 0.427. The van der Waals surface area contributed by atoms with Gasteiger partial charge in [-0.15, -0.1) is 23.2 Å². The van der Waals surface area contributed by atoms with Gasteiger partial charge in [-0.1, -0.05) is 6.08 Å². The van der Waals surface area contributed by atoms with Gasteiger partial charge >= 0.3 is 0 Å². The Morgan fingerprint density at radius 1 is 1.45 bits per heavy atom. The summed E-state index contributed by atoms with van der Waals surface area (Å²) in [6.45, 7) is 0. The van der Waals surface area contributed by atoms with Gasteiger partial charge in [-0.3, -0.25) is 4.57 Å². The minimum Gasteiger partial charge on any atom is -0.285 e. The van der Waals surface area contributed by atoms with Crippen molar-refractivity contribution in [2.24, 2.45) is 0 Å². The van der Waals surface area contributed by atoms with Gasteiger partial charge in [0, 0.05) is 0 Å². The van der Waals surface area contributed by atoms with Gasteiger partial charge in [-0.2, -0.15) is 0 Å². The van der Waals surface area contributed by atoms with Gasteiger partial charge in [0.1, 0.15) is 0 Å². The Bertz CT molecular complexity index is 177. The molecule has 11 heavy (non-hydrogen) atoms. The maximum atomic E-state index is 10.6. The third-order valence-corrected chi connectivity index (χ3v) is 3.61. The van der Waals surface area contributed by atoms with Crippen LogP contribution in [-0.4, -0.2) is 14.0 Å². The topological polar surface area (TPSA) is 17.1 Å². The molecule has 0 aliphatic heterocycles. The molecule has 0 spiro atoms. The van der Waals surface area contributed by atoms with E-state index in [1.54, 1.807) is 6.08 Å². The molecule has 0 aromatic rings. The zero-order valence-corrected chi connectivity index (χ0v) is 10.2. The first-order valence-electron chi connectivity index (χ1n) is 2.60. The minimum atomic E-state index is -3.04. The van der Waals surface area contributed by atoms with E-state index < -0.39 is 5.85 Å². The Morgan fingerprint density at radius 3 is 2.36 bits per heavy atom. The highest BCUT2D eigenvalue weighted by Crippen LogP contribution is 2.58. The molecule has 1 nitrogen and oxygen atoms in total. The van der Waals surface area contributed by atoms with Crippen LogP contribution in [0.25, 0.3) is 0 Å². The summed E-state index contributed by atoms with van der Waals surface area (Å²) < 4.78 is 10.3. The molecule has 0 aromatic carbocycles. The largest absolute Gasteiger partial charge is 0.285 e. The molecule has 0 bridgehead atoms. The van der Waals surface area contributed by atoms with Gasteiger partial charge in [-0.05, 0) is 34.3 Å². The summed E-state index contributed by atoms with van der Waals surface area (Å²) in [5.41, 5.74) is 0. The summed E-state index contributed by atoms with van der Waals surface area (Å²) in [6.07, 6.45) is 1.62. The molecule has 0 heterocycles. The molecule has 7 heteroatoms. The van der Waals surface area contributed by atoms with Crippen molar-refractivity contribution < 1.29 is 4.57 Å². The van der Waals surface area contributed by atoms with E-state index in [0.29, 0.717) is 15.6 Å². The van der Waals surface area contributed by atoms with Crippen LogP contribution in [0.2, 0.25) is 6.04 Å². The van der Waals surface area contributed by atoms with E-state index >= 15 is 0 Å². The van der Waals surface area contributed by atoms with Gasteiger partial charge in [0.2, 0.25) is 0 Å². The van der Waals surface area contributed by atoms with Crippen LogP contribution in [0.4, 0.5) is 0 Å². The summed E-state index contributed by atoms with van der Waals surface area (Å²) in [4.78, 5) is 0. The van der Waals surface area contributed by atoms with Crippen LogP contribution >= 0.6 is 51.5 Å². The molecule has 0 aliphatic rings. The van der Waals surface area contributed by atoms with Crippen LogP contribution < -0.4 is 0 Å². The summed E-state index contributed by atoms with van der Waals surface area (Å²) in [7, 11) is 0.380. The monoisotopic (exact) mass is 268 g/mol. The van der Waals surface area contributed by atoms with Crippen LogP contribution in [0.5, 0.6) is 0 Å². The fourth-order valence-electron chi connectivity index (χ4n) is 0.333. The van der Waals surface area contributed by atoms with Crippen molar-refractivity contribution in [2.75, 3.05) is 0 Å². The van der Waals surface area contributed by atoms with Crippen molar-refractivity contribution >= 4 is 61.1 Å². The summed E-state index contributed by atoms with van der Waals surface area (Å²) in [5, 5.41) is 0. The van der Waals surface area contributed by atoms with E-state index in [0.717, 1.165) is 0 Å². The molecule has 0 aromatic heterocycles. The van der Waals surface area contributed by atoms with Crippen molar-refractivity contribution in [3.05, 3.63) is 11.9 Å². The predicted molar refractivity (Wildman–Crippen MR) is 54.5 cm³/mol. The van der Waals surface area contributed by atoms with E-state index in [-0.39, 0.29) is 4.46 Å². The third kappa shape index (κ3) is 11.3. The van der Waals surface area contributed by atoms with Crippen LogP contribution in [0.3, 0.4) is 0 Å². The molecular formula is C4H5Cl4OPSi. The van der Waals surface area contributed by atoms with Crippen LogP contribution in [0.1, 0.15) is 0 Å². The predicted octanol–water partition coefficient (Wildman–Crippen LogP) is 4.05. The molecule has 0 atom stereocenters. The average molecular weight is 270 g/mol.